The molecular formula is C23H22F2N4. The van der Waals surface area contributed by atoms with Gasteiger partial charge in [0.25, 0.3) is 0 Å². The minimum absolute atomic E-state index is 0.273. The molecule has 0 saturated heterocycles. The molecule has 0 fully saturated rings. The molecule has 3 rings (SSSR count). The highest BCUT2D eigenvalue weighted by molar-refractivity contribution is 5.94. The van der Waals surface area contributed by atoms with Crippen LogP contribution in [-0.4, -0.2) is 22.2 Å². The van der Waals surface area contributed by atoms with Gasteiger partial charge in [0.15, 0.2) is 5.82 Å². The maximum atomic E-state index is 14.3. The third-order valence-corrected chi connectivity index (χ3v) is 4.14. The monoisotopic (exact) mass is 392 g/mol. The Morgan fingerprint density at radius 1 is 1.10 bits per heavy atom. The van der Waals surface area contributed by atoms with Crippen LogP contribution in [0.5, 0.6) is 0 Å². The molecule has 0 radical (unpaired) electrons. The highest BCUT2D eigenvalue weighted by Crippen LogP contribution is 2.31. The second-order valence-electron chi connectivity index (χ2n) is 7.60. The first-order chi connectivity index (χ1) is 13.7. The fourth-order valence-corrected chi connectivity index (χ4v) is 2.90. The van der Waals surface area contributed by atoms with Crippen LogP contribution in [0, 0.1) is 11.6 Å². The Labute approximate surface area is 168 Å². The molecule has 1 aromatic heterocycles. The second kappa shape index (κ2) is 7.91. The van der Waals surface area contributed by atoms with Crippen molar-refractivity contribution in [3.8, 4) is 11.1 Å². The molecule has 0 amide bonds. The predicted molar refractivity (Wildman–Crippen MR) is 116 cm³/mol. The van der Waals surface area contributed by atoms with Gasteiger partial charge in [0.2, 0.25) is 0 Å². The Hall–Kier alpha value is -3.41. The van der Waals surface area contributed by atoms with Crippen LogP contribution in [0.4, 0.5) is 14.6 Å². The molecule has 29 heavy (non-hydrogen) atoms. The van der Waals surface area contributed by atoms with Gasteiger partial charge < -0.3 is 5.32 Å². The summed E-state index contributed by atoms with van der Waals surface area (Å²) in [7, 11) is 0. The lowest BCUT2D eigenvalue weighted by atomic mass is 10.0. The van der Waals surface area contributed by atoms with Gasteiger partial charge >= 0.3 is 0 Å². The molecule has 0 aliphatic heterocycles. The minimum Gasteiger partial charge on any atom is -0.365 e. The van der Waals surface area contributed by atoms with E-state index >= 15 is 0 Å². The van der Waals surface area contributed by atoms with E-state index in [0.29, 0.717) is 33.9 Å². The summed E-state index contributed by atoms with van der Waals surface area (Å²) in [6, 6.07) is 8.86. The lowest BCUT2D eigenvalue weighted by molar-refractivity contribution is 0.585. The maximum Gasteiger partial charge on any atom is 0.163 e. The summed E-state index contributed by atoms with van der Waals surface area (Å²) < 4.78 is 27.6. The highest BCUT2D eigenvalue weighted by atomic mass is 19.1. The number of allylic oxidation sites excluding steroid dienone is 2. The van der Waals surface area contributed by atoms with Crippen LogP contribution in [0.3, 0.4) is 0 Å². The van der Waals surface area contributed by atoms with E-state index in [1.165, 1.54) is 18.3 Å². The first-order valence-electron chi connectivity index (χ1n) is 9.06. The molecule has 0 aliphatic carbocycles. The number of halogens is 2. The van der Waals surface area contributed by atoms with Crippen molar-refractivity contribution >= 4 is 29.0 Å². The lowest BCUT2D eigenvalue weighted by Gasteiger charge is -2.23. The smallest absolute Gasteiger partial charge is 0.163 e. The van der Waals surface area contributed by atoms with Gasteiger partial charge in [-0.3, -0.25) is 4.99 Å². The molecule has 1 N–H and O–H groups in total. The highest BCUT2D eigenvalue weighted by Gasteiger charge is 2.17. The average molecular weight is 392 g/mol. The normalized spacial score (nSPS) is 12.1. The number of fused-ring (bicyclic) bond motifs is 1. The van der Waals surface area contributed by atoms with Gasteiger partial charge in [0, 0.05) is 34.3 Å². The molecule has 0 saturated carbocycles. The van der Waals surface area contributed by atoms with Gasteiger partial charge in [-0.15, -0.1) is 0 Å². The van der Waals surface area contributed by atoms with Crippen LogP contribution in [-0.2, 0) is 0 Å². The zero-order valence-corrected chi connectivity index (χ0v) is 16.6. The topological polar surface area (TPSA) is 50.2 Å². The van der Waals surface area contributed by atoms with Crippen LogP contribution < -0.4 is 5.32 Å². The Kier molecular flexibility index (Phi) is 5.55. The number of nitrogens with zero attached hydrogens (tertiary/aromatic N) is 3. The molecule has 0 bridgehead atoms. The van der Waals surface area contributed by atoms with Gasteiger partial charge in [-0.2, -0.15) is 0 Å². The van der Waals surface area contributed by atoms with Crippen molar-refractivity contribution in [3.05, 3.63) is 72.7 Å². The van der Waals surface area contributed by atoms with E-state index < -0.39 is 11.6 Å². The van der Waals surface area contributed by atoms with Gasteiger partial charge in [0.05, 0.1) is 5.52 Å². The van der Waals surface area contributed by atoms with Crippen molar-refractivity contribution in [1.29, 1.82) is 0 Å². The molecule has 1 heterocycles. The van der Waals surface area contributed by atoms with Crippen molar-refractivity contribution < 1.29 is 8.78 Å². The number of hydrogen-bond acceptors (Lipinski definition) is 4. The predicted octanol–water partition coefficient (Wildman–Crippen LogP) is 6.01. The van der Waals surface area contributed by atoms with E-state index in [0.717, 1.165) is 11.5 Å². The largest absolute Gasteiger partial charge is 0.365 e. The van der Waals surface area contributed by atoms with Crippen LogP contribution in [0.25, 0.3) is 27.6 Å². The van der Waals surface area contributed by atoms with E-state index in [2.05, 4.69) is 33.6 Å². The van der Waals surface area contributed by atoms with Gasteiger partial charge in [-0.25, -0.2) is 18.7 Å². The molecule has 2 aromatic carbocycles. The number of benzene rings is 2. The summed E-state index contributed by atoms with van der Waals surface area (Å²) in [6.07, 6.45) is 3.15. The quantitative estimate of drug-likeness (QED) is 0.427. The maximum absolute atomic E-state index is 14.3. The Morgan fingerprint density at radius 3 is 2.48 bits per heavy atom. The molecule has 148 valence electrons. The molecule has 3 aromatic rings. The molecule has 0 unspecified atom stereocenters. The lowest BCUT2D eigenvalue weighted by Crippen LogP contribution is -2.27. The van der Waals surface area contributed by atoms with Crippen LogP contribution in [0.2, 0.25) is 0 Å². The van der Waals surface area contributed by atoms with E-state index in [1.807, 2.05) is 20.8 Å². The third-order valence-electron chi connectivity index (χ3n) is 4.14. The van der Waals surface area contributed by atoms with E-state index in [9.17, 15) is 8.78 Å². The molecule has 6 heteroatoms. The summed E-state index contributed by atoms with van der Waals surface area (Å²) in [6.45, 7) is 13.3. The number of anilines is 1. The number of nitrogens with one attached hydrogen (secondary N) is 1. The Balaban J connectivity index is 2.25. The van der Waals surface area contributed by atoms with Crippen molar-refractivity contribution in [1.82, 2.24) is 9.97 Å². The fourth-order valence-electron chi connectivity index (χ4n) is 2.90. The number of rotatable bonds is 5. The first-order valence-corrected chi connectivity index (χ1v) is 9.06. The zero-order valence-electron chi connectivity index (χ0n) is 16.6. The summed E-state index contributed by atoms with van der Waals surface area (Å²) in [4.78, 5) is 13.0. The van der Waals surface area contributed by atoms with Crippen molar-refractivity contribution in [3.63, 3.8) is 0 Å². The molecule has 0 atom stereocenters. The molecule has 4 nitrogen and oxygen atoms in total. The summed E-state index contributed by atoms with van der Waals surface area (Å²) >= 11 is 0. The number of hydrogen-bond donors (Lipinski definition) is 1. The average Bonchev–Trinajstić information content (AvgIpc) is 2.64. The molecule has 0 aliphatic rings. The second-order valence-corrected chi connectivity index (χ2v) is 7.60. The number of aliphatic imine (C=N–C) groups is 1. The number of aromatic nitrogens is 2. The van der Waals surface area contributed by atoms with Crippen LogP contribution >= 0.6 is 0 Å². The SMILES string of the molecule is C=C/C(=C\N=C)c1nc(NC(C)(C)C)c2cc(-c3ccc(F)cc3F)ccc2n1. The van der Waals surface area contributed by atoms with Crippen LogP contribution in [0.1, 0.15) is 26.6 Å². The summed E-state index contributed by atoms with van der Waals surface area (Å²) in [5.41, 5.74) is 1.94. The Bertz CT molecular complexity index is 1130. The standard InChI is InChI=1S/C23H22F2N4/c1-6-14(13-26-5)21-27-20-10-7-15(17-9-8-16(24)12-19(17)25)11-18(20)22(28-21)29-23(2,3)4/h6-13H,1,5H2,2-4H3,(H,27,28,29)/b14-13+. The summed E-state index contributed by atoms with van der Waals surface area (Å²) in [5.74, 6) is -0.193. The van der Waals surface area contributed by atoms with Crippen LogP contribution in [0.15, 0.2) is 60.2 Å². The van der Waals surface area contributed by atoms with Crippen molar-refractivity contribution in [2.45, 2.75) is 26.3 Å². The molecule has 0 spiro atoms. The van der Waals surface area contributed by atoms with Gasteiger partial charge in [-0.1, -0.05) is 18.7 Å². The van der Waals surface area contributed by atoms with Crippen molar-refractivity contribution in [2.75, 3.05) is 5.32 Å². The van der Waals surface area contributed by atoms with E-state index in [1.54, 1.807) is 24.3 Å². The third kappa shape index (κ3) is 4.54. The Morgan fingerprint density at radius 2 is 1.86 bits per heavy atom. The minimum atomic E-state index is -0.624. The van der Waals surface area contributed by atoms with Crippen molar-refractivity contribution in [2.24, 2.45) is 4.99 Å². The van der Waals surface area contributed by atoms with E-state index in [-0.39, 0.29) is 5.54 Å². The van der Waals surface area contributed by atoms with Gasteiger partial charge in [-0.05, 0) is 57.3 Å². The first kappa shape index (κ1) is 20.3. The summed E-state index contributed by atoms with van der Waals surface area (Å²) in [5, 5.41) is 4.10. The fraction of sp³-hybridized carbons (Fsp3) is 0.174. The van der Waals surface area contributed by atoms with Gasteiger partial charge in [0.1, 0.15) is 17.5 Å². The zero-order chi connectivity index (χ0) is 21.2. The molecular weight excluding hydrogens is 370 g/mol. The van der Waals surface area contributed by atoms with E-state index in [4.69, 9.17) is 0 Å².